The van der Waals surface area contributed by atoms with Gasteiger partial charge in [0.05, 0.1) is 12.3 Å². The summed E-state index contributed by atoms with van der Waals surface area (Å²) < 4.78 is 26.2. The predicted octanol–water partition coefficient (Wildman–Crippen LogP) is 3.04. The Bertz CT molecular complexity index is 722. The van der Waals surface area contributed by atoms with E-state index in [-0.39, 0.29) is 12.6 Å². The van der Waals surface area contributed by atoms with Crippen LogP contribution < -0.4 is 10.6 Å². The Morgan fingerprint density at radius 3 is 2.67 bits per heavy atom. The molecule has 1 aliphatic rings. The average Bonchev–Trinajstić information content (AvgIpc) is 3.40. The molecule has 1 aromatic heterocycles. The van der Waals surface area contributed by atoms with Gasteiger partial charge in [0.1, 0.15) is 5.82 Å². The fourth-order valence-electron chi connectivity index (χ4n) is 2.32. The minimum atomic E-state index is -0.866. The molecule has 7 heteroatoms. The molecule has 0 radical (unpaired) electrons. The largest absolute Gasteiger partial charge is 0.394 e. The van der Waals surface area contributed by atoms with Gasteiger partial charge < -0.3 is 15.7 Å². The molecule has 2 aromatic rings. The van der Waals surface area contributed by atoms with Crippen LogP contribution in [0.1, 0.15) is 36.9 Å². The summed E-state index contributed by atoms with van der Waals surface area (Å²) in [5, 5.41) is 15.3. The lowest BCUT2D eigenvalue weighted by Gasteiger charge is -2.14. The Morgan fingerprint density at radius 1 is 1.21 bits per heavy atom. The van der Waals surface area contributed by atoms with Crippen LogP contribution in [0.25, 0.3) is 0 Å². The van der Waals surface area contributed by atoms with E-state index >= 15 is 0 Å². The fourth-order valence-corrected chi connectivity index (χ4v) is 2.32. The van der Waals surface area contributed by atoms with Gasteiger partial charge in [-0.15, -0.1) is 0 Å². The summed E-state index contributed by atoms with van der Waals surface area (Å²) in [5.74, 6) is -0.212. The van der Waals surface area contributed by atoms with Crippen LogP contribution in [0.3, 0.4) is 0 Å². The van der Waals surface area contributed by atoms with Crippen molar-refractivity contribution in [3.05, 3.63) is 47.2 Å². The number of hydrogen-bond donors (Lipinski definition) is 3. The molecular formula is C17H20F2N4O. The number of aliphatic hydroxyl groups is 1. The van der Waals surface area contributed by atoms with Crippen molar-refractivity contribution in [1.82, 2.24) is 9.97 Å². The third-order valence-corrected chi connectivity index (χ3v) is 3.85. The first-order valence-electron chi connectivity index (χ1n) is 7.99. The van der Waals surface area contributed by atoms with Crippen molar-refractivity contribution >= 4 is 11.8 Å². The summed E-state index contributed by atoms with van der Waals surface area (Å²) in [6.07, 6.45) is 2.21. The van der Waals surface area contributed by atoms with Gasteiger partial charge >= 0.3 is 0 Å². The highest BCUT2D eigenvalue weighted by molar-refractivity contribution is 5.45. The van der Waals surface area contributed by atoms with E-state index in [0.717, 1.165) is 24.6 Å². The highest BCUT2D eigenvalue weighted by Crippen LogP contribution is 2.39. The minimum Gasteiger partial charge on any atom is -0.394 e. The maximum atomic E-state index is 13.3. The molecule has 5 nitrogen and oxygen atoms in total. The molecular weight excluding hydrogens is 314 g/mol. The van der Waals surface area contributed by atoms with E-state index in [1.54, 1.807) is 0 Å². The average molecular weight is 334 g/mol. The third-order valence-electron chi connectivity index (χ3n) is 3.85. The second kappa shape index (κ2) is 7.09. The summed E-state index contributed by atoms with van der Waals surface area (Å²) in [5.41, 5.74) is 1.57. The van der Waals surface area contributed by atoms with Crippen molar-refractivity contribution < 1.29 is 13.9 Å². The maximum Gasteiger partial charge on any atom is 0.225 e. The van der Waals surface area contributed by atoms with Crippen LogP contribution >= 0.6 is 0 Å². The highest BCUT2D eigenvalue weighted by Gasteiger charge is 2.26. The Balaban J connectivity index is 1.74. The summed E-state index contributed by atoms with van der Waals surface area (Å²) in [6.45, 7) is 2.14. The zero-order chi connectivity index (χ0) is 17.1. The molecule has 0 spiro atoms. The second-order valence-corrected chi connectivity index (χ2v) is 6.11. The molecule has 0 aliphatic heterocycles. The number of rotatable bonds is 7. The molecule has 1 saturated carbocycles. The number of nitrogens with zero attached hydrogens (tertiary/aromatic N) is 2. The van der Waals surface area contributed by atoms with Crippen LogP contribution in [-0.2, 0) is 6.54 Å². The third kappa shape index (κ3) is 4.17. The minimum absolute atomic E-state index is 0.0192. The van der Waals surface area contributed by atoms with Gasteiger partial charge in [-0.1, -0.05) is 6.07 Å². The Hall–Kier alpha value is -2.28. The molecule has 128 valence electrons. The summed E-state index contributed by atoms with van der Waals surface area (Å²) in [6, 6.07) is 5.53. The van der Waals surface area contributed by atoms with Crippen molar-refractivity contribution in [2.75, 3.05) is 17.2 Å². The van der Waals surface area contributed by atoms with Crippen LogP contribution in [0.4, 0.5) is 20.5 Å². The van der Waals surface area contributed by atoms with Gasteiger partial charge in [0.15, 0.2) is 11.6 Å². The van der Waals surface area contributed by atoms with E-state index in [0.29, 0.717) is 29.8 Å². The summed E-state index contributed by atoms with van der Waals surface area (Å²) in [7, 11) is 0. The topological polar surface area (TPSA) is 70.1 Å². The molecule has 0 amide bonds. The first-order chi connectivity index (χ1) is 11.5. The Kier molecular flexibility index (Phi) is 4.89. The van der Waals surface area contributed by atoms with E-state index < -0.39 is 11.6 Å². The number of anilines is 2. The molecule has 24 heavy (non-hydrogen) atoms. The van der Waals surface area contributed by atoms with E-state index in [1.807, 2.05) is 13.0 Å². The van der Waals surface area contributed by atoms with Crippen molar-refractivity contribution in [3.8, 4) is 0 Å². The van der Waals surface area contributed by atoms with Crippen LogP contribution in [-0.4, -0.2) is 27.7 Å². The van der Waals surface area contributed by atoms with Crippen LogP contribution in [0.2, 0.25) is 0 Å². The van der Waals surface area contributed by atoms with Gasteiger partial charge in [-0.05, 0) is 37.5 Å². The summed E-state index contributed by atoms with van der Waals surface area (Å²) in [4.78, 5) is 8.86. The van der Waals surface area contributed by atoms with Crippen LogP contribution in [0, 0.1) is 11.6 Å². The van der Waals surface area contributed by atoms with Gasteiger partial charge in [-0.3, -0.25) is 0 Å². The molecule has 0 saturated heterocycles. The lowest BCUT2D eigenvalue weighted by molar-refractivity contribution is 0.281. The van der Waals surface area contributed by atoms with Crippen molar-refractivity contribution in [1.29, 1.82) is 0 Å². The molecule has 0 bridgehead atoms. The SMILES string of the molecule is C[C@@H](CO)Nc1nc(NCc2ccc(F)c(F)c2)cc(C2CC2)n1. The van der Waals surface area contributed by atoms with Crippen molar-refractivity contribution in [3.63, 3.8) is 0 Å². The first-order valence-corrected chi connectivity index (χ1v) is 7.99. The Morgan fingerprint density at radius 2 is 2.00 bits per heavy atom. The number of hydrogen-bond acceptors (Lipinski definition) is 5. The highest BCUT2D eigenvalue weighted by atomic mass is 19.2. The molecule has 1 aliphatic carbocycles. The molecule has 3 N–H and O–H groups in total. The smallest absolute Gasteiger partial charge is 0.225 e. The normalized spacial score (nSPS) is 15.2. The first kappa shape index (κ1) is 16.6. The second-order valence-electron chi connectivity index (χ2n) is 6.11. The van der Waals surface area contributed by atoms with Crippen LogP contribution in [0.15, 0.2) is 24.3 Å². The monoisotopic (exact) mass is 334 g/mol. The molecule has 0 unspecified atom stereocenters. The van der Waals surface area contributed by atoms with Gasteiger partial charge in [0.2, 0.25) is 5.95 Å². The number of halogens is 2. The maximum absolute atomic E-state index is 13.3. The van der Waals surface area contributed by atoms with Crippen molar-refractivity contribution in [2.24, 2.45) is 0 Å². The predicted molar refractivity (Wildman–Crippen MR) is 87.9 cm³/mol. The number of nitrogens with one attached hydrogen (secondary N) is 2. The van der Waals surface area contributed by atoms with E-state index in [1.165, 1.54) is 12.1 Å². The quantitative estimate of drug-likeness (QED) is 0.726. The zero-order valence-electron chi connectivity index (χ0n) is 13.4. The van der Waals surface area contributed by atoms with Gasteiger partial charge in [0.25, 0.3) is 0 Å². The van der Waals surface area contributed by atoms with E-state index in [9.17, 15) is 8.78 Å². The van der Waals surface area contributed by atoms with Gasteiger partial charge in [-0.25, -0.2) is 13.8 Å². The summed E-state index contributed by atoms with van der Waals surface area (Å²) >= 11 is 0. The Labute approximate surface area is 139 Å². The van der Waals surface area contributed by atoms with E-state index in [2.05, 4.69) is 20.6 Å². The molecule has 1 fully saturated rings. The zero-order valence-corrected chi connectivity index (χ0v) is 13.4. The standard InChI is InChI=1S/C17H20F2N4O/c1-10(9-24)21-17-22-15(12-3-4-12)7-16(23-17)20-8-11-2-5-13(18)14(19)6-11/h2,5-7,10,12,24H,3-4,8-9H2,1H3,(H2,20,21,22,23)/t10-/m0/s1. The lowest BCUT2D eigenvalue weighted by Crippen LogP contribution is -2.21. The fraction of sp³-hybridized carbons (Fsp3) is 0.412. The van der Waals surface area contributed by atoms with E-state index in [4.69, 9.17) is 5.11 Å². The molecule has 1 heterocycles. The molecule has 1 aromatic carbocycles. The molecule has 1 atom stereocenters. The number of aromatic nitrogens is 2. The number of aliphatic hydroxyl groups excluding tert-OH is 1. The van der Waals surface area contributed by atoms with Crippen LogP contribution in [0.5, 0.6) is 0 Å². The molecule has 3 rings (SSSR count). The lowest BCUT2D eigenvalue weighted by atomic mass is 10.2. The van der Waals surface area contributed by atoms with Crippen molar-refractivity contribution in [2.45, 2.75) is 38.3 Å². The number of benzene rings is 1. The van der Waals surface area contributed by atoms with Gasteiger partial charge in [0, 0.05) is 24.6 Å². The van der Waals surface area contributed by atoms with Gasteiger partial charge in [-0.2, -0.15) is 4.98 Å².